The van der Waals surface area contributed by atoms with Gasteiger partial charge >= 0.3 is 29.2 Å². The van der Waals surface area contributed by atoms with Crippen LogP contribution in [0.1, 0.15) is 13.2 Å². The summed E-state index contributed by atoms with van der Waals surface area (Å²) in [6, 6.07) is 0. The molecule has 0 aromatic carbocycles. The Labute approximate surface area is 166 Å². The smallest absolute Gasteiger partial charge is 0.390 e. The highest BCUT2D eigenvalue weighted by Gasteiger charge is 2.45. The lowest BCUT2D eigenvalue weighted by molar-refractivity contribution is -0.0470. The first kappa shape index (κ1) is 25.2. The van der Waals surface area contributed by atoms with E-state index in [-0.39, 0.29) is 0 Å². The molecular weight excluding hydrogens is 482 g/mol. The predicted octanol–water partition coefficient (Wildman–Crippen LogP) is -0.798. The Morgan fingerprint density at radius 3 is 2.40 bits per heavy atom. The Bertz CT molecular complexity index is 997. The van der Waals surface area contributed by atoms with Crippen LogP contribution in [0.4, 0.5) is 10.2 Å². The number of nitrogens with zero attached hydrogens (tertiary/aromatic N) is 2. The van der Waals surface area contributed by atoms with E-state index in [1.54, 1.807) is 0 Å². The molecule has 1 saturated heterocycles. The minimum Gasteiger partial charge on any atom is -0.390 e. The zero-order valence-corrected chi connectivity index (χ0v) is 17.5. The number of rotatable bonds is 8. The van der Waals surface area contributed by atoms with Crippen molar-refractivity contribution in [2.75, 3.05) is 12.3 Å². The van der Waals surface area contributed by atoms with E-state index < -0.39 is 71.8 Å². The number of nitrogens with two attached hydrogens (primary N) is 1. The van der Waals surface area contributed by atoms with Gasteiger partial charge in [0, 0.05) is 5.92 Å². The number of nitrogen functional groups attached to an aromatic ring is 1. The molecule has 1 aromatic heterocycles. The van der Waals surface area contributed by atoms with E-state index in [9.17, 15) is 32.9 Å². The van der Waals surface area contributed by atoms with Crippen molar-refractivity contribution < 1.29 is 60.6 Å². The van der Waals surface area contributed by atoms with Gasteiger partial charge in [-0.2, -0.15) is 13.6 Å². The molecule has 0 saturated carbocycles. The number of aliphatic hydroxyl groups is 1. The number of halogens is 1. The van der Waals surface area contributed by atoms with Crippen molar-refractivity contribution in [1.82, 2.24) is 9.55 Å². The van der Waals surface area contributed by atoms with Crippen LogP contribution in [0.25, 0.3) is 0 Å². The Balaban J connectivity index is 2.09. The highest BCUT2D eigenvalue weighted by molar-refractivity contribution is 7.66. The lowest BCUT2D eigenvalue weighted by Crippen LogP contribution is -2.31. The fourth-order valence-electron chi connectivity index (χ4n) is 2.46. The van der Waals surface area contributed by atoms with Gasteiger partial charge in [0.2, 0.25) is 0 Å². The first-order valence-corrected chi connectivity index (χ1v) is 12.2. The zero-order chi connectivity index (χ0) is 23.1. The van der Waals surface area contributed by atoms with Gasteiger partial charge in [-0.1, -0.05) is 6.92 Å². The molecule has 16 nitrogen and oxygen atoms in total. The van der Waals surface area contributed by atoms with Crippen LogP contribution in [0.5, 0.6) is 0 Å². The molecule has 1 fully saturated rings. The van der Waals surface area contributed by atoms with Gasteiger partial charge in [0.15, 0.2) is 11.6 Å². The van der Waals surface area contributed by atoms with Crippen LogP contribution in [0, 0.1) is 11.7 Å². The molecule has 6 atom stereocenters. The molecule has 0 amide bonds. The third-order valence-electron chi connectivity index (χ3n) is 3.71. The van der Waals surface area contributed by atoms with Crippen molar-refractivity contribution in [1.29, 1.82) is 0 Å². The molecule has 20 heteroatoms. The molecule has 172 valence electrons. The van der Waals surface area contributed by atoms with Crippen molar-refractivity contribution in [3.8, 4) is 0 Å². The van der Waals surface area contributed by atoms with Crippen LogP contribution in [0.2, 0.25) is 0 Å². The van der Waals surface area contributed by atoms with Crippen LogP contribution in [-0.2, 0) is 31.6 Å². The number of aromatic nitrogens is 2. The second-order valence-corrected chi connectivity index (χ2v) is 10.4. The van der Waals surface area contributed by atoms with Crippen molar-refractivity contribution in [3.63, 3.8) is 0 Å². The molecular formula is C10H17FN3O13P3. The van der Waals surface area contributed by atoms with Gasteiger partial charge in [-0.15, -0.1) is 0 Å². The molecule has 7 N–H and O–H groups in total. The standard InChI is InChI=1S/C10H17FN3O13P3/c1-4-7(15)6(25-9(4)14-2-5(11)8(12)13-10(14)16)3-24-29(20,21)27-30(22,23)26-28(17,18)19/h2,4,6-7,9,15H,3H2,1H3,(H,20,21)(H,22,23)(H2,12,13,16)(H2,17,18,19). The maximum absolute atomic E-state index is 13.6. The maximum Gasteiger partial charge on any atom is 0.490 e. The fraction of sp³-hybridized carbons (Fsp3) is 0.600. The quantitative estimate of drug-likeness (QED) is 0.240. The Hall–Kier alpha value is -1.06. The number of phosphoric acid groups is 3. The van der Waals surface area contributed by atoms with Gasteiger partial charge in [-0.25, -0.2) is 22.9 Å². The van der Waals surface area contributed by atoms with Gasteiger partial charge < -0.3 is 35.2 Å². The summed E-state index contributed by atoms with van der Waals surface area (Å²) < 4.78 is 64.7. The Morgan fingerprint density at radius 2 is 1.83 bits per heavy atom. The minimum absolute atomic E-state index is 0.661. The third-order valence-corrected chi connectivity index (χ3v) is 7.51. The average Bonchev–Trinajstić information content (AvgIpc) is 2.81. The molecule has 2 rings (SSSR count). The Morgan fingerprint density at radius 1 is 1.23 bits per heavy atom. The predicted molar refractivity (Wildman–Crippen MR) is 91.8 cm³/mol. The van der Waals surface area contributed by atoms with E-state index in [0.29, 0.717) is 10.8 Å². The molecule has 2 heterocycles. The summed E-state index contributed by atoms with van der Waals surface area (Å²) in [5.41, 5.74) is 4.17. The van der Waals surface area contributed by atoms with E-state index in [0.717, 1.165) is 0 Å². The van der Waals surface area contributed by atoms with Crippen LogP contribution in [0.3, 0.4) is 0 Å². The summed E-state index contributed by atoms with van der Waals surface area (Å²) in [6.45, 7) is 0.437. The van der Waals surface area contributed by atoms with E-state index in [1.807, 2.05) is 0 Å². The molecule has 0 aliphatic carbocycles. The lowest BCUT2D eigenvalue weighted by atomic mass is 10.0. The summed E-state index contributed by atoms with van der Waals surface area (Å²) in [6.07, 6.45) is -3.45. The average molecular weight is 499 g/mol. The molecule has 0 radical (unpaired) electrons. The van der Waals surface area contributed by atoms with Crippen LogP contribution < -0.4 is 11.4 Å². The molecule has 0 spiro atoms. The van der Waals surface area contributed by atoms with Crippen molar-refractivity contribution in [2.24, 2.45) is 5.92 Å². The topological polar surface area (TPSA) is 250 Å². The van der Waals surface area contributed by atoms with Gasteiger partial charge in [-0.3, -0.25) is 9.09 Å². The Kier molecular flexibility index (Phi) is 7.41. The molecule has 1 aliphatic heterocycles. The number of phosphoric ester groups is 1. The summed E-state index contributed by atoms with van der Waals surface area (Å²) in [4.78, 5) is 50.6. The zero-order valence-electron chi connectivity index (χ0n) is 14.8. The number of hydrogen-bond donors (Lipinski definition) is 6. The number of ether oxygens (including phenoxy) is 1. The van der Waals surface area contributed by atoms with E-state index in [4.69, 9.17) is 25.2 Å². The van der Waals surface area contributed by atoms with Crippen molar-refractivity contribution >= 4 is 29.3 Å². The largest absolute Gasteiger partial charge is 0.490 e. The first-order chi connectivity index (χ1) is 13.5. The summed E-state index contributed by atoms with van der Waals surface area (Å²) in [5.74, 6) is -2.59. The molecule has 0 bridgehead atoms. The molecule has 1 aliphatic rings. The van der Waals surface area contributed by atoms with E-state index >= 15 is 0 Å². The van der Waals surface area contributed by atoms with E-state index in [2.05, 4.69) is 18.1 Å². The highest BCUT2D eigenvalue weighted by atomic mass is 31.3. The number of hydrogen-bond acceptors (Lipinski definition) is 11. The van der Waals surface area contributed by atoms with E-state index in [1.165, 1.54) is 6.92 Å². The molecule has 1 aromatic rings. The van der Waals surface area contributed by atoms with Crippen LogP contribution >= 0.6 is 23.5 Å². The summed E-state index contributed by atoms with van der Waals surface area (Å²) >= 11 is 0. The second kappa shape index (κ2) is 8.82. The van der Waals surface area contributed by atoms with Gasteiger partial charge in [0.1, 0.15) is 12.3 Å². The van der Waals surface area contributed by atoms with Crippen LogP contribution in [-0.4, -0.2) is 53.0 Å². The van der Waals surface area contributed by atoms with Crippen molar-refractivity contribution in [2.45, 2.75) is 25.4 Å². The second-order valence-electron chi connectivity index (χ2n) is 5.97. The third kappa shape index (κ3) is 6.47. The number of aliphatic hydroxyl groups excluding tert-OH is 1. The summed E-state index contributed by atoms with van der Waals surface area (Å²) in [5, 5.41) is 10.2. The minimum atomic E-state index is -5.71. The number of anilines is 1. The van der Waals surface area contributed by atoms with Crippen molar-refractivity contribution in [3.05, 3.63) is 22.5 Å². The van der Waals surface area contributed by atoms with Gasteiger partial charge in [0.25, 0.3) is 0 Å². The molecule has 30 heavy (non-hydrogen) atoms. The highest BCUT2D eigenvalue weighted by Crippen LogP contribution is 2.66. The SMILES string of the molecule is CC1C(O)C(COP(=O)(O)OP(=O)(O)OP(=O)(O)O)OC1n1cc(F)c(N)nc1=O. The van der Waals surface area contributed by atoms with Crippen LogP contribution in [0.15, 0.2) is 11.0 Å². The van der Waals surface area contributed by atoms with Gasteiger partial charge in [-0.05, 0) is 0 Å². The summed E-state index contributed by atoms with van der Waals surface area (Å²) in [7, 11) is -16.7. The first-order valence-electron chi connectivity index (χ1n) is 7.67. The van der Waals surface area contributed by atoms with Gasteiger partial charge in [0.05, 0.1) is 18.9 Å². The normalized spacial score (nSPS) is 28.8. The molecule has 6 unspecified atom stereocenters. The maximum atomic E-state index is 13.6. The monoisotopic (exact) mass is 499 g/mol. The fourth-order valence-corrected chi connectivity index (χ4v) is 5.49. The lowest BCUT2D eigenvalue weighted by Gasteiger charge is -2.19.